The van der Waals surface area contributed by atoms with Gasteiger partial charge in [-0.3, -0.25) is 64.4 Å². The Morgan fingerprint density at radius 1 is 0.518 bits per heavy atom. The van der Waals surface area contributed by atoms with E-state index in [2.05, 4.69) is 200 Å². The zero-order chi connectivity index (χ0) is 98.7. The van der Waals surface area contributed by atoms with Crippen molar-refractivity contribution in [2.75, 3.05) is 55.1 Å². The third-order valence-corrected chi connectivity index (χ3v) is 22.5. The van der Waals surface area contributed by atoms with Crippen LogP contribution < -0.4 is 22.5 Å². The fourth-order valence-corrected chi connectivity index (χ4v) is 14.6. The minimum Gasteiger partial charge on any atom is -0.445 e. The molecule has 0 radical (unpaired) electrons. The van der Waals surface area contributed by atoms with Crippen LogP contribution in [0.25, 0.3) is 28.9 Å². The van der Waals surface area contributed by atoms with Crippen LogP contribution in [0.15, 0.2) is 313 Å². The molecule has 1 fully saturated rings. The Bertz CT molecular complexity index is 5950. The molecule has 10 aromatic heterocycles. The summed E-state index contributed by atoms with van der Waals surface area (Å²) >= 11 is 0. The molecular formula is C110H133BN17O9+. The number of likely N-dealkylation sites (N-methyl/N-ethyl adjacent to an activating group) is 1. The maximum absolute atomic E-state index is 11.4. The van der Waals surface area contributed by atoms with Crippen molar-refractivity contribution in [2.45, 2.75) is 177 Å². The van der Waals surface area contributed by atoms with E-state index in [-0.39, 0.29) is 48.9 Å². The summed E-state index contributed by atoms with van der Waals surface area (Å²) in [4.78, 5) is 107. The summed E-state index contributed by atoms with van der Waals surface area (Å²) in [5.41, 5.74) is 19.9. The number of amides is 2. The molecule has 0 unspecified atom stereocenters. The van der Waals surface area contributed by atoms with E-state index in [1.54, 1.807) is 46.7 Å². The lowest BCUT2D eigenvalue weighted by molar-refractivity contribution is -0.438. The molecule has 26 nitrogen and oxygen atoms in total. The number of para-hydroxylation sites is 1. The topological polar surface area (TPSA) is 291 Å². The molecule has 0 aliphatic carbocycles. The van der Waals surface area contributed by atoms with E-state index >= 15 is 0 Å². The van der Waals surface area contributed by atoms with E-state index in [0.29, 0.717) is 13.0 Å². The van der Waals surface area contributed by atoms with Crippen molar-refractivity contribution >= 4 is 42.1 Å². The molecule has 0 spiro atoms. The van der Waals surface area contributed by atoms with E-state index < -0.39 is 17.1 Å². The molecule has 13 aromatic rings. The number of allylic oxidation sites excluding steroid dienone is 2. The number of carbonyl (C=O) groups excluding carboxylic acids is 2. The van der Waals surface area contributed by atoms with E-state index in [4.69, 9.17) is 23.8 Å². The number of H-pyrrole nitrogens is 2. The van der Waals surface area contributed by atoms with Crippen LogP contribution in [0, 0.1) is 20.8 Å². The number of benzene rings is 3. The molecule has 3 aliphatic heterocycles. The predicted molar refractivity (Wildman–Crippen MR) is 547 cm³/mol. The van der Waals surface area contributed by atoms with Gasteiger partial charge >= 0.3 is 30.3 Å². The number of aromatic amines is 2. The summed E-state index contributed by atoms with van der Waals surface area (Å²) in [6.45, 7) is 34.4. The van der Waals surface area contributed by atoms with Crippen molar-refractivity contribution in [1.82, 2.24) is 79.0 Å². The first-order chi connectivity index (χ1) is 65.9. The summed E-state index contributed by atoms with van der Waals surface area (Å²) in [6, 6.07) is 75.4. The number of aromatic nitrogens is 12. The summed E-state index contributed by atoms with van der Waals surface area (Å²) in [5, 5.41) is 0. The van der Waals surface area contributed by atoms with Crippen molar-refractivity contribution < 1.29 is 32.9 Å². The smallest absolute Gasteiger partial charge is 0.445 e. The van der Waals surface area contributed by atoms with Gasteiger partial charge in [0, 0.05) is 176 Å². The van der Waals surface area contributed by atoms with Crippen LogP contribution in [0.5, 0.6) is 0 Å². The van der Waals surface area contributed by atoms with Crippen LogP contribution in [0.3, 0.4) is 0 Å². The molecule has 0 atom stereocenters. The highest BCUT2D eigenvalue weighted by molar-refractivity contribution is 6.62. The Morgan fingerprint density at radius 2 is 0.993 bits per heavy atom. The zero-order valence-electron chi connectivity index (χ0n) is 82.5. The first kappa shape index (κ1) is 107. The monoisotopic (exact) mass is 1850 g/mol. The molecule has 2 N–H and O–H groups in total. The van der Waals surface area contributed by atoms with E-state index in [0.717, 1.165) is 142 Å². The Kier molecular flexibility index (Phi) is 42.4. The van der Waals surface area contributed by atoms with Gasteiger partial charge in [-0.2, -0.15) is 4.58 Å². The van der Waals surface area contributed by atoms with Crippen LogP contribution in [-0.2, 0) is 74.6 Å². The van der Waals surface area contributed by atoms with Crippen molar-refractivity contribution in [3.05, 3.63) is 403 Å². The average molecular weight is 1850 g/mol. The Labute approximate surface area is 807 Å². The number of ether oxygens (including phenoxy) is 2. The SMILES string of the molecule is C=C1C=CC(=O)N1C.CC.CCCCC[N+]1=C(/C=C/c2ccc(C)cc2)C(C)(C)c2ccccc21.CN(C)C(=O)OCc1ccc(B2OC(C)(C)C(C)(C)O2)cc1.CN(Cc1ccccn1)CN(Cc1ccccn1)Cc1ccccn1.COCCCCn1c(=O)[nH]c(=O)[nH]c1=O.Cc1cc(-c2ccccn2)nc(-c2ccccn2)c1.Cc1cc(Cc2ccccn2)nc(Cc2ccccn2)c1. The largest absolute Gasteiger partial charge is 0.494 e. The summed E-state index contributed by atoms with van der Waals surface area (Å²) in [6.07, 6.45) is 26.8. The number of carbonyl (C=O) groups is 2. The van der Waals surface area contributed by atoms with Gasteiger partial charge in [-0.1, -0.05) is 149 Å². The van der Waals surface area contributed by atoms with Gasteiger partial charge in [0.2, 0.25) is 5.69 Å². The number of methoxy groups -OCH3 is 1. The summed E-state index contributed by atoms with van der Waals surface area (Å²) in [7, 11) is 8.33. The van der Waals surface area contributed by atoms with Crippen molar-refractivity contribution in [1.29, 1.82) is 0 Å². The van der Waals surface area contributed by atoms with E-state index in [1.165, 1.54) is 68.8 Å². The van der Waals surface area contributed by atoms with Crippen LogP contribution in [-0.4, -0.2) is 175 Å². The van der Waals surface area contributed by atoms with E-state index in [9.17, 15) is 24.0 Å². The van der Waals surface area contributed by atoms with Gasteiger partial charge < -0.3 is 28.6 Å². The zero-order valence-corrected chi connectivity index (χ0v) is 82.5. The molecule has 27 heteroatoms. The fraction of sp³-hybridized carbons (Fsp3) is 0.318. The third-order valence-electron chi connectivity index (χ3n) is 22.5. The van der Waals surface area contributed by atoms with Gasteiger partial charge in [-0.25, -0.2) is 28.7 Å². The molecule has 0 saturated carbocycles. The maximum atomic E-state index is 11.4. The first-order valence-electron chi connectivity index (χ1n) is 46.5. The van der Waals surface area contributed by atoms with Crippen LogP contribution in [0.4, 0.5) is 10.5 Å². The van der Waals surface area contributed by atoms with Gasteiger partial charge in [0.15, 0.2) is 5.71 Å². The highest BCUT2D eigenvalue weighted by Gasteiger charge is 2.52. The van der Waals surface area contributed by atoms with Crippen molar-refractivity contribution in [2.24, 2.45) is 0 Å². The minimum atomic E-state index is -0.779. The number of hydrogen-bond donors (Lipinski definition) is 2. The average Bonchev–Trinajstić information content (AvgIpc) is 1.59. The molecular weight excluding hydrogens is 1710 g/mol. The molecule has 13 heterocycles. The lowest BCUT2D eigenvalue weighted by Crippen LogP contribution is -2.43. The number of aryl methyl sites for hydroxylation is 3. The van der Waals surface area contributed by atoms with Gasteiger partial charge in [0.1, 0.15) is 13.2 Å². The van der Waals surface area contributed by atoms with Crippen LogP contribution >= 0.6 is 0 Å². The number of nitrogens with one attached hydrogen (secondary N) is 2. The second-order valence-electron chi connectivity index (χ2n) is 34.7. The van der Waals surface area contributed by atoms with Crippen molar-refractivity contribution in [3.63, 3.8) is 0 Å². The van der Waals surface area contributed by atoms with E-state index in [1.807, 2.05) is 228 Å². The Morgan fingerprint density at radius 3 is 1.44 bits per heavy atom. The summed E-state index contributed by atoms with van der Waals surface area (Å²) < 4.78 is 25.5. The van der Waals surface area contributed by atoms with Crippen LogP contribution in [0.1, 0.15) is 168 Å². The molecule has 137 heavy (non-hydrogen) atoms. The number of unbranched alkanes of at least 4 members (excludes halogenated alkanes) is 3. The molecule has 1 saturated heterocycles. The second kappa shape index (κ2) is 54.5. The number of rotatable bonds is 28. The van der Waals surface area contributed by atoms with Gasteiger partial charge in [-0.05, 0) is 238 Å². The number of nitrogens with zero attached hydrogens (tertiary/aromatic N) is 15. The summed E-state index contributed by atoms with van der Waals surface area (Å²) in [5.74, 6) is 0.00926. The normalized spacial score (nSPS) is 13.3. The molecule has 3 aromatic carbocycles. The minimum absolute atomic E-state index is 0.00926. The maximum Gasteiger partial charge on any atom is 0.494 e. The quantitative estimate of drug-likeness (QED) is 0.0199. The first-order valence-corrected chi connectivity index (χ1v) is 46.5. The highest BCUT2D eigenvalue weighted by Crippen LogP contribution is 2.41. The molecule has 0 bridgehead atoms. The van der Waals surface area contributed by atoms with Gasteiger partial charge in [-0.15, -0.1) is 0 Å². The molecule has 3 aliphatic rings. The van der Waals surface area contributed by atoms with Crippen molar-refractivity contribution in [3.8, 4) is 22.8 Å². The lowest BCUT2D eigenvalue weighted by atomic mass is 9.79. The van der Waals surface area contributed by atoms with Gasteiger partial charge in [0.05, 0.1) is 63.1 Å². The fourth-order valence-electron chi connectivity index (χ4n) is 14.6. The second-order valence-corrected chi connectivity index (χ2v) is 34.7. The molecule has 2 amide bonds. The molecule has 714 valence electrons. The molecule has 16 rings (SSSR count). The highest BCUT2D eigenvalue weighted by atomic mass is 16.7. The van der Waals surface area contributed by atoms with Gasteiger partial charge in [0.25, 0.3) is 5.91 Å². The number of fused-ring (bicyclic) bond motifs is 1. The number of hydrogen-bond acceptors (Lipinski definition) is 20. The Balaban J connectivity index is 0.000000181. The predicted octanol–water partition coefficient (Wildman–Crippen LogP) is 18.5. The third kappa shape index (κ3) is 34.3. The van der Waals surface area contributed by atoms with Crippen LogP contribution in [0.2, 0.25) is 0 Å². The standard InChI is InChI=1S/C24H30N.C20H23N5.C18H17N3.C16H24BNO4.C16H13N3.C8H13N3O4.C6H7NO.C2H6/c1-5-6-9-18-25-22-11-8-7-10-21(22)24(3,4)23(25)17-16-20-14-12-19(2)13-15-20;1-24(14-18-8-2-5-11-21-18)17-25(15-19-9-3-6-12-22-19)16-20-10-4-7-13-23-20;1-14-10-17(12-15-6-2-4-8-19-15)21-18(11-14)13-16-7-3-5-9-20-16;1-15(2)16(3,4)22-17(21-15)13-9-7-12(8-10-13)11-20-14(19)18(5)6;1-12-10-15(13-6-2-4-8-17-13)19-16(11-12)14-7-3-5-9-18-14;1-15-5-3-2-4-11-7(13)9-6(12)10-8(11)14;1-5-3-4-6(8)7(5)2;1-2/h7-8,10-17H,5-6,9,18H2,1-4H3;2-13H,14-17H2,1H3;2-11H,12-13H2,1H3;7-10H,11H2,1-6H3;2-11H,1H3;2-5H2,1H3,(H2,9,10,12,13,14);3-4H,1H2,2H3;1-2H3/q+1;;;;;;;/b17-16+;;;;;;;. The number of pyridine rings is 9. The Hall–Kier alpha value is -14.1. The lowest BCUT2D eigenvalue weighted by Gasteiger charge is -2.32.